The summed E-state index contributed by atoms with van der Waals surface area (Å²) in [7, 11) is 0.306. The van der Waals surface area contributed by atoms with Crippen LogP contribution in [-0.4, -0.2) is 14.1 Å². The second-order valence-electron chi connectivity index (χ2n) is 0.430. The molecule has 0 unspecified atom stereocenters. The molecule has 0 aliphatic rings. The molecule has 0 saturated carbocycles. The number of nitrogens with two attached hydrogens (primary N) is 1. The van der Waals surface area contributed by atoms with Crippen LogP contribution >= 0.6 is 0 Å². The van der Waals surface area contributed by atoms with Crippen LogP contribution in [0.4, 0.5) is 0 Å². The Morgan fingerprint density at radius 3 is 2.60 bits per heavy atom. The van der Waals surface area contributed by atoms with Crippen LogP contribution in [0.15, 0.2) is 0 Å². The summed E-state index contributed by atoms with van der Waals surface area (Å²) in [5.74, 6) is 0. The van der Waals surface area contributed by atoms with Gasteiger partial charge in [0, 0.05) is 0 Å². The predicted octanol–water partition coefficient (Wildman–Crippen LogP) is -1.12. The van der Waals surface area contributed by atoms with Gasteiger partial charge in [-0.15, -0.1) is 0 Å². The Bertz CT molecular complexity index is 30.8. The van der Waals surface area contributed by atoms with E-state index in [-0.39, 0.29) is 6.73 Å². The number of rotatable bonds is 2. The van der Waals surface area contributed by atoms with Crippen molar-refractivity contribution in [2.24, 2.45) is 5.73 Å². The first-order valence-electron chi connectivity index (χ1n) is 1.17. The maximum atomic E-state index is 9.10. The third-order valence-corrected chi connectivity index (χ3v) is 0.164. The molecule has 0 aliphatic carbocycles. The first-order chi connectivity index (χ1) is 2.41. The topological polar surface area (TPSA) is 52.3 Å². The minimum absolute atomic E-state index is 0.0243. The Kier molecular flexibility index (Phi) is 3.35. The van der Waals surface area contributed by atoms with Crippen LogP contribution in [0.5, 0.6) is 0 Å². The summed E-state index contributed by atoms with van der Waals surface area (Å²) in [6.45, 7) is -0.0243. The number of hydrogen-bond donors (Lipinski definition) is 1. The summed E-state index contributed by atoms with van der Waals surface area (Å²) >= 11 is 0. The van der Waals surface area contributed by atoms with Crippen LogP contribution in [0.25, 0.3) is 0 Å². The monoisotopic (exact) mass is 73.0 g/mol. The van der Waals surface area contributed by atoms with Crippen molar-refractivity contribution < 1.29 is 9.36 Å². The summed E-state index contributed by atoms with van der Waals surface area (Å²) < 4.78 is 13.0. The zero-order valence-electron chi connectivity index (χ0n) is 2.68. The second kappa shape index (κ2) is 3.62. The third-order valence-electron chi connectivity index (χ3n) is 0.164. The van der Waals surface area contributed by atoms with E-state index in [1.165, 1.54) is 0 Å². The Hall–Kier alpha value is -0.375. The molecule has 0 radical (unpaired) electrons. The van der Waals surface area contributed by atoms with E-state index in [1.807, 2.05) is 0 Å². The van der Waals surface area contributed by atoms with Crippen LogP contribution in [0, 0.1) is 0 Å². The van der Waals surface area contributed by atoms with Gasteiger partial charge >= 0.3 is 29.2 Å². The van der Waals surface area contributed by atoms with E-state index < -0.39 is 0 Å². The molecule has 0 atom stereocenters. The van der Waals surface area contributed by atoms with Gasteiger partial charge in [0.25, 0.3) is 0 Å². The molecule has 3 nitrogen and oxygen atoms in total. The van der Waals surface area contributed by atoms with Crippen molar-refractivity contribution in [1.82, 2.24) is 0 Å². The van der Waals surface area contributed by atoms with Gasteiger partial charge in [-0.2, -0.15) is 0 Å². The van der Waals surface area contributed by atoms with Gasteiger partial charge in [0.05, 0.1) is 0 Å². The molecule has 0 aliphatic heterocycles. The van der Waals surface area contributed by atoms with E-state index in [0.717, 1.165) is 0 Å². The molecular weight excluding hydrogens is 68.8 g/mol. The van der Waals surface area contributed by atoms with Gasteiger partial charge < -0.3 is 0 Å². The fourth-order valence-corrected chi connectivity index (χ4v) is 0.0393. The van der Waals surface area contributed by atoms with Crippen molar-refractivity contribution in [3.8, 4) is 0 Å². The zero-order valence-corrected chi connectivity index (χ0v) is 2.68. The minimum atomic E-state index is -0.0243. The molecule has 28 valence electrons. The van der Waals surface area contributed by atoms with Crippen molar-refractivity contribution in [3.63, 3.8) is 0 Å². The van der Waals surface area contributed by atoms with Gasteiger partial charge in [0.1, 0.15) is 0 Å². The molecule has 0 amide bonds. The molecule has 0 bridgehead atoms. The van der Waals surface area contributed by atoms with Gasteiger partial charge in [-0.1, -0.05) is 0 Å². The summed E-state index contributed by atoms with van der Waals surface area (Å²) in [5.41, 5.74) is 4.69. The first-order valence-corrected chi connectivity index (χ1v) is 1.17. The molecule has 2 N–H and O–H groups in total. The van der Waals surface area contributed by atoms with E-state index in [9.17, 15) is 0 Å². The molecule has 4 heteroatoms. The van der Waals surface area contributed by atoms with Crippen molar-refractivity contribution in [2.45, 2.75) is 0 Å². The fraction of sp³-hybridized carbons (Fsp3) is 1.00. The summed E-state index contributed by atoms with van der Waals surface area (Å²) in [6, 6.07) is 0. The van der Waals surface area contributed by atoms with Crippen LogP contribution in [0.2, 0.25) is 0 Å². The average molecular weight is 72.9 g/mol. The van der Waals surface area contributed by atoms with Crippen LogP contribution in [0.3, 0.4) is 0 Å². The Balaban J connectivity index is 2.40. The SMILES string of the molecule is NCOB=O. The fourth-order valence-electron chi connectivity index (χ4n) is 0.0393. The predicted molar refractivity (Wildman–Crippen MR) is 16.6 cm³/mol. The van der Waals surface area contributed by atoms with Crippen molar-refractivity contribution >= 4 is 7.35 Å². The van der Waals surface area contributed by atoms with Crippen molar-refractivity contribution in [3.05, 3.63) is 0 Å². The maximum absolute atomic E-state index is 9.10. The van der Waals surface area contributed by atoms with Gasteiger partial charge in [0.2, 0.25) is 0 Å². The molecule has 5 heavy (non-hydrogen) atoms. The van der Waals surface area contributed by atoms with Gasteiger partial charge in [-0.3, -0.25) is 0 Å². The van der Waals surface area contributed by atoms with E-state index >= 15 is 0 Å². The van der Waals surface area contributed by atoms with E-state index in [4.69, 9.17) is 4.70 Å². The molecule has 0 rings (SSSR count). The molecule has 0 saturated heterocycles. The normalized spacial score (nSPS) is 5.80. The van der Waals surface area contributed by atoms with Crippen molar-refractivity contribution in [2.75, 3.05) is 6.73 Å². The van der Waals surface area contributed by atoms with E-state index in [1.54, 1.807) is 0 Å². The van der Waals surface area contributed by atoms with Gasteiger partial charge in [-0.25, -0.2) is 0 Å². The van der Waals surface area contributed by atoms with E-state index in [0.29, 0.717) is 7.35 Å². The molecule has 0 aromatic heterocycles. The second-order valence-corrected chi connectivity index (χ2v) is 0.430. The molecule has 0 spiro atoms. The quantitative estimate of drug-likeness (QED) is 0.333. The Morgan fingerprint density at radius 1 is 2.00 bits per heavy atom. The van der Waals surface area contributed by atoms with Crippen LogP contribution < -0.4 is 5.73 Å². The van der Waals surface area contributed by atoms with Crippen LogP contribution in [-0.2, 0) is 9.36 Å². The standard InChI is InChI=1S/CH4BNO2/c3-1-5-2-4/h1,3H2. The van der Waals surface area contributed by atoms with Gasteiger partial charge in [0.15, 0.2) is 0 Å². The first kappa shape index (κ1) is 4.62. The summed E-state index contributed by atoms with van der Waals surface area (Å²) in [4.78, 5) is 0. The Morgan fingerprint density at radius 2 is 2.60 bits per heavy atom. The van der Waals surface area contributed by atoms with E-state index in [2.05, 4.69) is 10.4 Å². The molecule has 0 fully saturated rings. The molecule has 0 aromatic rings. The molecular formula is CH4BNO2. The summed E-state index contributed by atoms with van der Waals surface area (Å²) in [5, 5.41) is 0. The summed E-state index contributed by atoms with van der Waals surface area (Å²) in [6.07, 6.45) is 0. The van der Waals surface area contributed by atoms with Gasteiger partial charge in [-0.05, 0) is 0 Å². The Labute approximate surface area is 30.4 Å². The molecule has 0 aromatic carbocycles. The zero-order chi connectivity index (χ0) is 4.12. The van der Waals surface area contributed by atoms with Crippen LogP contribution in [0.1, 0.15) is 0 Å². The third kappa shape index (κ3) is 3.62. The van der Waals surface area contributed by atoms with Crippen molar-refractivity contribution in [1.29, 1.82) is 0 Å². The number of hydrogen-bond acceptors (Lipinski definition) is 3. The average Bonchev–Trinajstić information content (AvgIpc) is 1.41. The molecule has 0 heterocycles.